The SMILES string of the molecule is C[C@@H](COc1cc(C(=O)NCC(F)(F)F)c(Cl)cc1F)N([SH](=O)=O)C(F)(F)F. The standard InChI is InChI=1S/C13H12ClF7N2O4S/c1-6(23(28(25)26)13(19,20)21)4-27-10-2-7(8(14)3-9(10)15)11(24)22-5-12(16,17)18/h2-3,6,28H,4-5H2,1H3,(H,22,24)/t6-/m0/s1. The first-order chi connectivity index (χ1) is 12.6. The number of nitrogens with one attached hydrogen (secondary N) is 1. The Morgan fingerprint density at radius 3 is 2.29 bits per heavy atom. The number of nitrogens with zero attached hydrogens (tertiary/aromatic N) is 1. The van der Waals surface area contributed by atoms with Crippen LogP contribution in [0.2, 0.25) is 5.02 Å². The number of carbonyl (C=O) groups is 1. The Balaban J connectivity index is 2.99. The summed E-state index contributed by atoms with van der Waals surface area (Å²) in [6, 6.07) is -0.705. The molecule has 0 bridgehead atoms. The zero-order chi connectivity index (χ0) is 21.9. The first kappa shape index (κ1) is 24.2. The molecule has 6 nitrogen and oxygen atoms in total. The van der Waals surface area contributed by atoms with Crippen LogP contribution in [0.1, 0.15) is 17.3 Å². The molecule has 1 aromatic carbocycles. The summed E-state index contributed by atoms with van der Waals surface area (Å²) < 4.78 is 114. The Labute approximate surface area is 160 Å². The molecule has 0 aliphatic rings. The van der Waals surface area contributed by atoms with Gasteiger partial charge in [0.2, 0.25) is 10.9 Å². The van der Waals surface area contributed by atoms with Gasteiger partial charge in [-0.15, -0.1) is 4.31 Å². The predicted molar refractivity (Wildman–Crippen MR) is 83.0 cm³/mol. The molecule has 1 amide bonds. The molecule has 1 aromatic rings. The molecular formula is C13H12ClF7N2O4S. The Kier molecular flexibility index (Phi) is 7.91. The normalized spacial score (nSPS) is 13.7. The maximum atomic E-state index is 13.8. The van der Waals surface area contributed by atoms with E-state index in [1.807, 2.05) is 0 Å². The van der Waals surface area contributed by atoms with E-state index in [-0.39, 0.29) is 0 Å². The fraction of sp³-hybridized carbons (Fsp3) is 0.462. The Hall–Kier alpha value is -1.80. The summed E-state index contributed by atoms with van der Waals surface area (Å²) in [6.45, 7) is -1.86. The molecule has 1 rings (SSSR count). The maximum Gasteiger partial charge on any atom is 0.473 e. The molecule has 0 aliphatic carbocycles. The molecule has 0 radical (unpaired) electrons. The number of hydrogen-bond donors (Lipinski definition) is 2. The van der Waals surface area contributed by atoms with Crippen LogP contribution in [0.4, 0.5) is 30.7 Å². The molecule has 0 spiro atoms. The van der Waals surface area contributed by atoms with E-state index in [1.54, 1.807) is 0 Å². The van der Waals surface area contributed by atoms with E-state index in [4.69, 9.17) is 16.3 Å². The molecule has 28 heavy (non-hydrogen) atoms. The number of rotatable bonds is 7. The topological polar surface area (TPSA) is 75.7 Å². The minimum atomic E-state index is -5.25. The van der Waals surface area contributed by atoms with Crippen molar-refractivity contribution in [1.82, 2.24) is 9.62 Å². The number of ether oxygens (including phenoxy) is 1. The largest absolute Gasteiger partial charge is 0.489 e. The third kappa shape index (κ3) is 6.98. The van der Waals surface area contributed by atoms with Crippen LogP contribution in [0.3, 0.4) is 0 Å². The van der Waals surface area contributed by atoms with E-state index in [9.17, 15) is 43.9 Å². The number of hydrogen-bond acceptors (Lipinski definition) is 4. The number of carbonyl (C=O) groups excluding carboxylic acids is 1. The summed E-state index contributed by atoms with van der Waals surface area (Å²) in [5.74, 6) is -3.37. The van der Waals surface area contributed by atoms with Crippen LogP contribution in [0.25, 0.3) is 0 Å². The fourth-order valence-corrected chi connectivity index (χ4v) is 2.68. The lowest BCUT2D eigenvalue weighted by Crippen LogP contribution is -2.45. The average molecular weight is 461 g/mol. The van der Waals surface area contributed by atoms with Crippen molar-refractivity contribution in [1.29, 1.82) is 0 Å². The quantitative estimate of drug-likeness (QED) is 0.373. The number of alkyl halides is 6. The van der Waals surface area contributed by atoms with Crippen LogP contribution in [-0.4, -0.2) is 50.3 Å². The smallest absolute Gasteiger partial charge is 0.473 e. The van der Waals surface area contributed by atoms with Crippen LogP contribution in [0, 0.1) is 5.82 Å². The van der Waals surface area contributed by atoms with Crippen molar-refractivity contribution in [3.63, 3.8) is 0 Å². The van der Waals surface area contributed by atoms with Gasteiger partial charge >= 0.3 is 12.5 Å². The second kappa shape index (κ2) is 9.13. The number of halogens is 8. The van der Waals surface area contributed by atoms with Crippen molar-refractivity contribution >= 4 is 28.4 Å². The maximum absolute atomic E-state index is 13.8. The predicted octanol–water partition coefficient (Wildman–Crippen LogP) is 2.89. The molecule has 160 valence electrons. The van der Waals surface area contributed by atoms with Crippen molar-refractivity contribution in [2.24, 2.45) is 0 Å². The van der Waals surface area contributed by atoms with Crippen LogP contribution in [0.5, 0.6) is 5.75 Å². The van der Waals surface area contributed by atoms with Gasteiger partial charge in [-0.2, -0.15) is 26.3 Å². The minimum absolute atomic E-state index is 0.514. The van der Waals surface area contributed by atoms with Gasteiger partial charge in [-0.25, -0.2) is 12.8 Å². The minimum Gasteiger partial charge on any atom is -0.489 e. The van der Waals surface area contributed by atoms with Crippen molar-refractivity contribution in [3.05, 3.63) is 28.5 Å². The van der Waals surface area contributed by atoms with Gasteiger partial charge in [0.1, 0.15) is 13.2 Å². The summed E-state index contributed by atoms with van der Waals surface area (Å²) >= 11 is 5.59. The van der Waals surface area contributed by atoms with Gasteiger partial charge in [0.25, 0.3) is 5.91 Å². The summed E-state index contributed by atoms with van der Waals surface area (Å²) in [7, 11) is -4.07. The van der Waals surface area contributed by atoms with Gasteiger partial charge < -0.3 is 10.1 Å². The molecule has 1 atom stereocenters. The van der Waals surface area contributed by atoms with Gasteiger partial charge in [0, 0.05) is 0 Å². The van der Waals surface area contributed by atoms with Gasteiger partial charge in [0.15, 0.2) is 11.6 Å². The van der Waals surface area contributed by atoms with E-state index in [1.165, 1.54) is 5.32 Å². The Morgan fingerprint density at radius 1 is 1.25 bits per heavy atom. The lowest BCUT2D eigenvalue weighted by atomic mass is 10.2. The van der Waals surface area contributed by atoms with Crippen LogP contribution in [-0.2, 0) is 10.9 Å². The van der Waals surface area contributed by atoms with E-state index in [0.29, 0.717) is 12.1 Å². The molecule has 0 aromatic heterocycles. The third-order valence-corrected chi connectivity index (χ3v) is 4.33. The monoisotopic (exact) mass is 460 g/mol. The van der Waals surface area contributed by atoms with Crippen molar-refractivity contribution in [3.8, 4) is 5.75 Å². The molecule has 0 heterocycles. The van der Waals surface area contributed by atoms with E-state index < -0.39 is 74.9 Å². The summed E-state index contributed by atoms with van der Waals surface area (Å²) in [6.07, 6.45) is -9.98. The summed E-state index contributed by atoms with van der Waals surface area (Å²) in [5, 5.41) is 0.909. The number of benzene rings is 1. The van der Waals surface area contributed by atoms with E-state index in [2.05, 4.69) is 0 Å². The second-order valence-electron chi connectivity index (χ2n) is 5.27. The van der Waals surface area contributed by atoms with Gasteiger partial charge in [-0.1, -0.05) is 11.6 Å². The first-order valence-electron chi connectivity index (χ1n) is 7.10. The second-order valence-corrected chi connectivity index (χ2v) is 6.58. The lowest BCUT2D eigenvalue weighted by molar-refractivity contribution is -0.220. The van der Waals surface area contributed by atoms with Crippen molar-refractivity contribution in [2.45, 2.75) is 25.4 Å². The molecule has 15 heteroatoms. The first-order valence-corrected chi connectivity index (χ1v) is 8.61. The highest BCUT2D eigenvalue weighted by atomic mass is 35.5. The van der Waals surface area contributed by atoms with Crippen molar-refractivity contribution in [2.75, 3.05) is 13.2 Å². The number of amides is 1. The molecule has 0 aliphatic heterocycles. The Morgan fingerprint density at radius 2 is 1.82 bits per heavy atom. The van der Waals surface area contributed by atoms with Gasteiger partial charge in [-0.05, 0) is 19.1 Å². The molecular weight excluding hydrogens is 449 g/mol. The highest BCUT2D eigenvalue weighted by Crippen LogP contribution is 2.28. The Bertz CT molecular complexity index is 790. The van der Waals surface area contributed by atoms with Crippen LogP contribution >= 0.6 is 11.6 Å². The molecule has 0 saturated carbocycles. The highest BCUT2D eigenvalue weighted by molar-refractivity contribution is 7.69. The molecule has 0 saturated heterocycles. The molecule has 1 N–H and O–H groups in total. The van der Waals surface area contributed by atoms with Crippen molar-refractivity contribution < 1.29 is 48.7 Å². The van der Waals surface area contributed by atoms with Crippen LogP contribution < -0.4 is 10.1 Å². The van der Waals surface area contributed by atoms with Gasteiger partial charge in [-0.3, -0.25) is 4.79 Å². The van der Waals surface area contributed by atoms with E-state index in [0.717, 1.165) is 6.92 Å². The van der Waals surface area contributed by atoms with Gasteiger partial charge in [0.05, 0.1) is 16.6 Å². The lowest BCUT2D eigenvalue weighted by Gasteiger charge is -2.25. The zero-order valence-corrected chi connectivity index (χ0v) is 15.3. The summed E-state index contributed by atoms with van der Waals surface area (Å²) in [4.78, 5) is 11.7. The zero-order valence-electron chi connectivity index (χ0n) is 13.7. The fourth-order valence-electron chi connectivity index (χ4n) is 1.87. The third-order valence-electron chi connectivity index (χ3n) is 3.05. The molecule has 0 fully saturated rings. The number of thiol groups is 1. The molecule has 0 unspecified atom stereocenters. The van der Waals surface area contributed by atoms with Crippen LogP contribution in [0.15, 0.2) is 12.1 Å². The summed E-state index contributed by atoms with van der Waals surface area (Å²) in [5.41, 5.74) is -0.627. The average Bonchev–Trinajstić information content (AvgIpc) is 2.49. The highest BCUT2D eigenvalue weighted by Gasteiger charge is 2.43. The van der Waals surface area contributed by atoms with E-state index >= 15 is 0 Å².